The van der Waals surface area contributed by atoms with E-state index in [0.29, 0.717) is 41.1 Å². The lowest BCUT2D eigenvalue weighted by Gasteiger charge is -2.06. The number of rotatable bonds is 5. The minimum atomic E-state index is -0.477. The van der Waals surface area contributed by atoms with Gasteiger partial charge in [0.15, 0.2) is 16.2 Å². The maximum absolute atomic E-state index is 12.2. The molecule has 7 nitrogen and oxygen atoms in total. The summed E-state index contributed by atoms with van der Waals surface area (Å²) in [5, 5.41) is 0. The maximum Gasteiger partial charge on any atom is 0.351 e. The Morgan fingerprint density at radius 2 is 2.25 bits per heavy atom. The van der Waals surface area contributed by atoms with Crippen molar-refractivity contribution in [2.75, 3.05) is 6.67 Å². The minimum Gasteiger partial charge on any atom is -0.387 e. The van der Waals surface area contributed by atoms with Gasteiger partial charge in [0, 0.05) is 6.54 Å². The van der Waals surface area contributed by atoms with Crippen LogP contribution in [0.3, 0.4) is 0 Å². The van der Waals surface area contributed by atoms with E-state index in [1.165, 1.54) is 4.57 Å². The summed E-state index contributed by atoms with van der Waals surface area (Å²) >= 11 is 3.22. The van der Waals surface area contributed by atoms with Gasteiger partial charge in [0.25, 0.3) is 0 Å². The first kappa shape index (κ1) is 14.6. The fourth-order valence-corrected chi connectivity index (χ4v) is 2.16. The first-order chi connectivity index (χ1) is 9.52. The molecule has 9 heteroatoms. The van der Waals surface area contributed by atoms with E-state index in [9.17, 15) is 9.18 Å². The van der Waals surface area contributed by atoms with Crippen molar-refractivity contribution in [3.63, 3.8) is 0 Å². The van der Waals surface area contributed by atoms with Crippen LogP contribution in [-0.4, -0.2) is 32.0 Å². The van der Waals surface area contributed by atoms with Gasteiger partial charge in [-0.05, 0) is 35.7 Å². The molecule has 3 N–H and O–H groups in total. The number of nitrogens with one attached hydrogen (secondary N) is 1. The molecule has 0 radical (unpaired) electrons. The summed E-state index contributed by atoms with van der Waals surface area (Å²) in [5.74, 6) is 0.490. The number of imidazole rings is 1. The number of halogens is 2. The number of nitrogens with zero attached hydrogens (tertiary/aromatic N) is 4. The molecular weight excluding hydrogens is 331 g/mol. The van der Waals surface area contributed by atoms with Crippen LogP contribution in [0.4, 0.5) is 10.2 Å². The molecule has 0 fully saturated rings. The average molecular weight is 345 g/mol. The third kappa shape index (κ3) is 3.03. The van der Waals surface area contributed by atoms with E-state index in [1.807, 2.05) is 0 Å². The van der Waals surface area contributed by atoms with E-state index >= 15 is 0 Å². The third-order valence-corrected chi connectivity index (χ3v) is 2.99. The average Bonchev–Trinajstić information content (AvgIpc) is 2.74. The van der Waals surface area contributed by atoms with E-state index < -0.39 is 12.4 Å². The first-order valence-electron chi connectivity index (χ1n) is 6.05. The highest BCUT2D eigenvalue weighted by Gasteiger charge is 2.14. The van der Waals surface area contributed by atoms with Gasteiger partial charge in [-0.15, -0.1) is 0 Å². The van der Waals surface area contributed by atoms with Gasteiger partial charge >= 0.3 is 5.69 Å². The van der Waals surface area contributed by atoms with Crippen LogP contribution < -0.4 is 11.4 Å². The molecule has 0 aliphatic carbocycles. The van der Waals surface area contributed by atoms with Crippen LogP contribution in [0, 0.1) is 0 Å². The molecule has 0 unspecified atom stereocenters. The lowest BCUT2D eigenvalue weighted by molar-refractivity contribution is 0.446. The number of amidine groups is 1. The number of hydrogen-bond donors (Lipinski definition) is 2. The van der Waals surface area contributed by atoms with Crippen molar-refractivity contribution in [1.29, 1.82) is 0 Å². The van der Waals surface area contributed by atoms with Crippen molar-refractivity contribution in [2.24, 2.45) is 10.7 Å². The lowest BCUT2D eigenvalue weighted by Crippen LogP contribution is -2.23. The molecule has 0 spiro atoms. The zero-order valence-corrected chi connectivity index (χ0v) is 12.4. The van der Waals surface area contributed by atoms with E-state index in [2.05, 4.69) is 35.9 Å². The quantitative estimate of drug-likeness (QED) is 0.372. The Hall–Kier alpha value is -1.77. The summed E-state index contributed by atoms with van der Waals surface area (Å²) in [6.07, 6.45) is 0.928. The Balaban J connectivity index is 2.57. The zero-order chi connectivity index (χ0) is 14.7. The fraction of sp³-hybridized carbons (Fsp3) is 0.455. The Morgan fingerprint density at radius 3 is 2.90 bits per heavy atom. The molecule has 0 aromatic carbocycles. The van der Waals surface area contributed by atoms with Gasteiger partial charge in [-0.3, -0.25) is 8.96 Å². The fourth-order valence-electron chi connectivity index (χ4n) is 1.80. The Kier molecular flexibility index (Phi) is 4.48. The monoisotopic (exact) mass is 344 g/mol. The normalized spacial score (nSPS) is 12.2. The van der Waals surface area contributed by atoms with Gasteiger partial charge in [0.2, 0.25) is 0 Å². The molecule has 0 atom stereocenters. The van der Waals surface area contributed by atoms with Crippen molar-refractivity contribution in [3.8, 4) is 0 Å². The predicted molar refractivity (Wildman–Crippen MR) is 78.0 cm³/mol. The van der Waals surface area contributed by atoms with Gasteiger partial charge in [-0.2, -0.15) is 4.98 Å². The molecule has 20 heavy (non-hydrogen) atoms. The number of aromatic nitrogens is 4. The summed E-state index contributed by atoms with van der Waals surface area (Å²) in [4.78, 5) is 27.1. The SMILES string of the molecule is CC(N)=Nc1nc(=O)n(CCCCF)c2nc(Br)[nH]c12. The molecule has 0 aliphatic rings. The molecule has 0 bridgehead atoms. The van der Waals surface area contributed by atoms with Crippen LogP contribution in [0.25, 0.3) is 11.2 Å². The number of fused-ring (bicyclic) bond motifs is 1. The number of alkyl halides is 1. The maximum atomic E-state index is 12.2. The Labute approximate surface area is 122 Å². The summed E-state index contributed by atoms with van der Waals surface area (Å²) in [6.45, 7) is 1.55. The standard InChI is InChI=1S/C11H14BrFN6O/c1-6(14)15-8-7-9(18-10(12)16-7)19(11(20)17-8)5-3-2-4-13/h2-5H2,1H3,(H,16,18)(H2,14,15,17,20). The molecule has 108 valence electrons. The van der Waals surface area contributed by atoms with Gasteiger partial charge in [0.1, 0.15) is 5.52 Å². The molecule has 2 aromatic heterocycles. The molecule has 2 heterocycles. The highest BCUT2D eigenvalue weighted by atomic mass is 79.9. The number of aromatic amines is 1. The molecule has 2 rings (SSSR count). The molecule has 0 amide bonds. The molecule has 0 saturated carbocycles. The highest BCUT2D eigenvalue weighted by Crippen LogP contribution is 2.22. The lowest BCUT2D eigenvalue weighted by atomic mass is 10.3. The number of hydrogen-bond acceptors (Lipinski definition) is 4. The van der Waals surface area contributed by atoms with Crippen LogP contribution in [-0.2, 0) is 6.54 Å². The third-order valence-electron chi connectivity index (χ3n) is 2.62. The topological polar surface area (TPSA) is 102 Å². The van der Waals surface area contributed by atoms with E-state index in [1.54, 1.807) is 6.92 Å². The number of aliphatic imine (C=N–C) groups is 1. The van der Waals surface area contributed by atoms with Crippen molar-refractivity contribution >= 4 is 38.7 Å². The molecule has 2 aromatic rings. The van der Waals surface area contributed by atoms with Crippen molar-refractivity contribution in [3.05, 3.63) is 15.2 Å². The van der Waals surface area contributed by atoms with Crippen molar-refractivity contribution < 1.29 is 4.39 Å². The largest absolute Gasteiger partial charge is 0.387 e. The van der Waals surface area contributed by atoms with Gasteiger partial charge < -0.3 is 10.7 Å². The van der Waals surface area contributed by atoms with Crippen LogP contribution in [0.2, 0.25) is 0 Å². The number of aryl methyl sites for hydroxylation is 1. The second-order valence-electron chi connectivity index (χ2n) is 4.25. The number of H-pyrrole nitrogens is 1. The van der Waals surface area contributed by atoms with Gasteiger partial charge in [-0.25, -0.2) is 14.8 Å². The second-order valence-corrected chi connectivity index (χ2v) is 5.00. The van der Waals surface area contributed by atoms with Gasteiger partial charge in [0.05, 0.1) is 12.5 Å². The van der Waals surface area contributed by atoms with Crippen molar-refractivity contribution in [2.45, 2.75) is 26.3 Å². The predicted octanol–water partition coefficient (Wildman–Crippen LogP) is 1.64. The number of nitrogens with two attached hydrogens (primary N) is 1. The van der Waals surface area contributed by atoms with Crippen molar-refractivity contribution in [1.82, 2.24) is 19.5 Å². The van der Waals surface area contributed by atoms with Crippen LogP contribution in [0.5, 0.6) is 0 Å². The zero-order valence-electron chi connectivity index (χ0n) is 10.9. The molecular formula is C11H14BrFN6O. The van der Waals surface area contributed by atoms with Crippen LogP contribution >= 0.6 is 15.9 Å². The van der Waals surface area contributed by atoms with E-state index in [4.69, 9.17) is 5.73 Å². The summed E-state index contributed by atoms with van der Waals surface area (Å²) in [5.41, 5.74) is 5.99. The summed E-state index contributed by atoms with van der Waals surface area (Å²) < 4.78 is 14.0. The highest BCUT2D eigenvalue weighted by molar-refractivity contribution is 9.10. The molecule has 0 aliphatic heterocycles. The van der Waals surface area contributed by atoms with E-state index in [0.717, 1.165) is 0 Å². The van der Waals surface area contributed by atoms with Crippen LogP contribution in [0.1, 0.15) is 19.8 Å². The Morgan fingerprint density at radius 1 is 1.50 bits per heavy atom. The first-order valence-corrected chi connectivity index (χ1v) is 6.85. The minimum absolute atomic E-state index is 0.199. The second kappa shape index (κ2) is 6.12. The van der Waals surface area contributed by atoms with E-state index in [-0.39, 0.29) is 5.82 Å². The Bertz CT molecular complexity index is 703. The smallest absolute Gasteiger partial charge is 0.351 e. The number of unbranched alkanes of at least 4 members (excludes halogenated alkanes) is 1. The molecule has 0 saturated heterocycles. The van der Waals surface area contributed by atoms with Crippen LogP contribution in [0.15, 0.2) is 14.5 Å². The summed E-state index contributed by atoms with van der Waals surface area (Å²) in [6, 6.07) is 0. The van der Waals surface area contributed by atoms with Gasteiger partial charge in [-0.1, -0.05) is 0 Å². The summed E-state index contributed by atoms with van der Waals surface area (Å²) in [7, 11) is 0.